The zero-order chi connectivity index (χ0) is 14.4. The maximum Gasteiger partial charge on any atom is 0.219 e. The first kappa shape index (κ1) is 15.1. The summed E-state index contributed by atoms with van der Waals surface area (Å²) in [5.74, 6) is 0.831. The van der Waals surface area contributed by atoms with E-state index in [-0.39, 0.29) is 5.91 Å². The Morgan fingerprint density at radius 1 is 1.35 bits per heavy atom. The fourth-order valence-electron chi connectivity index (χ4n) is 3.17. The molecule has 1 aliphatic rings. The summed E-state index contributed by atoms with van der Waals surface area (Å²) >= 11 is 0. The molecule has 1 amide bonds. The SMILES string of the molecule is CCCC(=O)NCC[C@H]1CCCc2ccc(CC)cc21. The fraction of sp³-hybridized carbons (Fsp3) is 0.611. The van der Waals surface area contributed by atoms with E-state index in [1.54, 1.807) is 5.56 Å². The largest absolute Gasteiger partial charge is 0.356 e. The molecular formula is C18H27NO. The van der Waals surface area contributed by atoms with Gasteiger partial charge in [-0.3, -0.25) is 4.79 Å². The van der Waals surface area contributed by atoms with Crippen LogP contribution in [0.4, 0.5) is 0 Å². The second-order valence-electron chi connectivity index (χ2n) is 5.86. The number of aryl methyl sites for hydroxylation is 2. The van der Waals surface area contributed by atoms with Gasteiger partial charge in [-0.25, -0.2) is 0 Å². The molecule has 1 aromatic rings. The van der Waals surface area contributed by atoms with Gasteiger partial charge in [0.25, 0.3) is 0 Å². The minimum atomic E-state index is 0.200. The number of carbonyl (C=O) groups excluding carboxylic acids is 1. The normalized spacial score (nSPS) is 17.6. The Morgan fingerprint density at radius 2 is 2.20 bits per heavy atom. The molecular weight excluding hydrogens is 246 g/mol. The minimum Gasteiger partial charge on any atom is -0.356 e. The molecule has 2 heteroatoms. The summed E-state index contributed by atoms with van der Waals surface area (Å²) in [6, 6.07) is 6.98. The first-order valence-electron chi connectivity index (χ1n) is 8.13. The molecule has 1 aromatic carbocycles. The molecule has 0 unspecified atom stereocenters. The van der Waals surface area contributed by atoms with Gasteiger partial charge in [-0.1, -0.05) is 32.0 Å². The van der Waals surface area contributed by atoms with E-state index in [4.69, 9.17) is 0 Å². The van der Waals surface area contributed by atoms with Crippen LogP contribution in [0.15, 0.2) is 18.2 Å². The van der Waals surface area contributed by atoms with E-state index < -0.39 is 0 Å². The number of fused-ring (bicyclic) bond motifs is 1. The molecule has 1 atom stereocenters. The molecule has 1 aliphatic carbocycles. The van der Waals surface area contributed by atoms with Crippen LogP contribution in [0.2, 0.25) is 0 Å². The van der Waals surface area contributed by atoms with Crippen LogP contribution in [0, 0.1) is 0 Å². The van der Waals surface area contributed by atoms with Gasteiger partial charge >= 0.3 is 0 Å². The summed E-state index contributed by atoms with van der Waals surface area (Å²) in [5.41, 5.74) is 4.50. The molecule has 20 heavy (non-hydrogen) atoms. The van der Waals surface area contributed by atoms with Crippen LogP contribution in [-0.4, -0.2) is 12.5 Å². The molecule has 0 radical (unpaired) electrons. The Hall–Kier alpha value is -1.31. The van der Waals surface area contributed by atoms with Crippen LogP contribution >= 0.6 is 0 Å². The maximum atomic E-state index is 11.5. The molecule has 0 fully saturated rings. The zero-order valence-electron chi connectivity index (χ0n) is 12.9. The highest BCUT2D eigenvalue weighted by Gasteiger charge is 2.20. The highest BCUT2D eigenvalue weighted by molar-refractivity contribution is 5.75. The van der Waals surface area contributed by atoms with E-state index in [0.717, 1.165) is 25.8 Å². The van der Waals surface area contributed by atoms with Crippen molar-refractivity contribution >= 4 is 5.91 Å². The number of nitrogens with one attached hydrogen (secondary N) is 1. The van der Waals surface area contributed by atoms with Gasteiger partial charge in [-0.2, -0.15) is 0 Å². The van der Waals surface area contributed by atoms with Gasteiger partial charge < -0.3 is 5.32 Å². The van der Waals surface area contributed by atoms with Crippen molar-refractivity contribution in [2.75, 3.05) is 6.54 Å². The molecule has 0 aliphatic heterocycles. The van der Waals surface area contributed by atoms with Crippen LogP contribution < -0.4 is 5.32 Å². The lowest BCUT2D eigenvalue weighted by atomic mass is 9.80. The van der Waals surface area contributed by atoms with Crippen molar-refractivity contribution in [2.45, 2.75) is 64.7 Å². The number of amides is 1. The van der Waals surface area contributed by atoms with E-state index in [9.17, 15) is 4.79 Å². The number of carbonyl (C=O) groups is 1. The first-order valence-corrected chi connectivity index (χ1v) is 8.13. The van der Waals surface area contributed by atoms with Gasteiger partial charge in [-0.15, -0.1) is 0 Å². The summed E-state index contributed by atoms with van der Waals surface area (Å²) in [6.07, 6.45) is 7.54. The Bertz CT molecular complexity index is 453. The molecule has 0 saturated carbocycles. The molecule has 0 aromatic heterocycles. The predicted octanol–water partition coefficient (Wildman–Crippen LogP) is 3.98. The number of benzene rings is 1. The van der Waals surface area contributed by atoms with E-state index in [1.807, 2.05) is 6.92 Å². The van der Waals surface area contributed by atoms with Crippen molar-refractivity contribution in [1.82, 2.24) is 5.32 Å². The number of hydrogen-bond acceptors (Lipinski definition) is 1. The molecule has 2 nitrogen and oxygen atoms in total. The lowest BCUT2D eigenvalue weighted by Crippen LogP contribution is -2.25. The van der Waals surface area contributed by atoms with Crippen LogP contribution in [0.1, 0.15) is 68.6 Å². The average Bonchev–Trinajstić information content (AvgIpc) is 2.47. The summed E-state index contributed by atoms with van der Waals surface area (Å²) in [5, 5.41) is 3.05. The van der Waals surface area contributed by atoms with Crippen molar-refractivity contribution in [3.8, 4) is 0 Å². The number of rotatable bonds is 6. The third-order valence-corrected chi connectivity index (χ3v) is 4.35. The van der Waals surface area contributed by atoms with E-state index in [1.165, 1.54) is 30.4 Å². The zero-order valence-corrected chi connectivity index (χ0v) is 12.9. The average molecular weight is 273 g/mol. The third-order valence-electron chi connectivity index (χ3n) is 4.35. The van der Waals surface area contributed by atoms with E-state index in [2.05, 4.69) is 30.4 Å². The first-order chi connectivity index (χ1) is 9.74. The second kappa shape index (κ2) is 7.47. The summed E-state index contributed by atoms with van der Waals surface area (Å²) in [6.45, 7) is 5.08. The highest BCUT2D eigenvalue weighted by Crippen LogP contribution is 2.34. The summed E-state index contributed by atoms with van der Waals surface area (Å²) < 4.78 is 0. The lowest BCUT2D eigenvalue weighted by Gasteiger charge is -2.26. The quantitative estimate of drug-likeness (QED) is 0.834. The Labute approximate surface area is 123 Å². The molecule has 0 heterocycles. The maximum absolute atomic E-state index is 11.5. The molecule has 0 spiro atoms. The number of hydrogen-bond donors (Lipinski definition) is 1. The summed E-state index contributed by atoms with van der Waals surface area (Å²) in [4.78, 5) is 11.5. The molecule has 0 saturated heterocycles. The monoisotopic (exact) mass is 273 g/mol. The Morgan fingerprint density at radius 3 is 2.95 bits per heavy atom. The van der Waals surface area contributed by atoms with E-state index in [0.29, 0.717) is 12.3 Å². The van der Waals surface area contributed by atoms with Gasteiger partial charge in [0.15, 0.2) is 0 Å². The third kappa shape index (κ3) is 3.84. The standard InChI is InChI=1S/C18H27NO/c1-3-6-18(20)19-12-11-16-8-5-7-15-10-9-14(4-2)13-17(15)16/h9-10,13,16H,3-8,11-12H2,1-2H3,(H,19,20)/t16-/m1/s1. The fourth-order valence-corrected chi connectivity index (χ4v) is 3.17. The second-order valence-corrected chi connectivity index (χ2v) is 5.86. The predicted molar refractivity (Wildman–Crippen MR) is 84.0 cm³/mol. The van der Waals surface area contributed by atoms with Gasteiger partial charge in [0.2, 0.25) is 5.91 Å². The van der Waals surface area contributed by atoms with Crippen LogP contribution in [0.25, 0.3) is 0 Å². The van der Waals surface area contributed by atoms with Crippen LogP contribution in [0.3, 0.4) is 0 Å². The van der Waals surface area contributed by atoms with Crippen LogP contribution in [0.5, 0.6) is 0 Å². The van der Waals surface area contributed by atoms with E-state index >= 15 is 0 Å². The molecule has 0 bridgehead atoms. The van der Waals surface area contributed by atoms with Gasteiger partial charge in [0.05, 0.1) is 0 Å². The lowest BCUT2D eigenvalue weighted by molar-refractivity contribution is -0.121. The molecule has 1 N–H and O–H groups in total. The topological polar surface area (TPSA) is 29.1 Å². The Kier molecular flexibility index (Phi) is 5.63. The van der Waals surface area contributed by atoms with Gasteiger partial charge in [0.1, 0.15) is 0 Å². The van der Waals surface area contributed by atoms with Crippen molar-refractivity contribution in [3.63, 3.8) is 0 Å². The van der Waals surface area contributed by atoms with Gasteiger partial charge in [-0.05, 0) is 61.1 Å². The molecule has 2 rings (SSSR count). The van der Waals surface area contributed by atoms with Gasteiger partial charge in [0, 0.05) is 13.0 Å². The smallest absolute Gasteiger partial charge is 0.219 e. The van der Waals surface area contributed by atoms with Crippen molar-refractivity contribution in [2.24, 2.45) is 0 Å². The molecule has 110 valence electrons. The Balaban J connectivity index is 1.95. The van der Waals surface area contributed by atoms with Crippen molar-refractivity contribution in [3.05, 3.63) is 34.9 Å². The minimum absolute atomic E-state index is 0.200. The highest BCUT2D eigenvalue weighted by atomic mass is 16.1. The van der Waals surface area contributed by atoms with Crippen LogP contribution in [-0.2, 0) is 17.6 Å². The van der Waals surface area contributed by atoms with Crippen molar-refractivity contribution < 1.29 is 4.79 Å². The van der Waals surface area contributed by atoms with Crippen molar-refractivity contribution in [1.29, 1.82) is 0 Å². The summed E-state index contributed by atoms with van der Waals surface area (Å²) in [7, 11) is 0.